The van der Waals surface area contributed by atoms with Crippen molar-refractivity contribution in [2.75, 3.05) is 6.54 Å². The molecule has 172 valence electrons. The Labute approximate surface area is 179 Å². The van der Waals surface area contributed by atoms with Gasteiger partial charge in [0.25, 0.3) is 5.91 Å². The second-order valence-corrected chi connectivity index (χ2v) is 6.20. The van der Waals surface area contributed by atoms with Crippen LogP contribution in [0.4, 0.5) is 0 Å². The first-order valence-electron chi connectivity index (χ1n) is 9.31. The number of amides is 1. The van der Waals surface area contributed by atoms with Gasteiger partial charge in [-0.25, -0.2) is 4.98 Å². The van der Waals surface area contributed by atoms with Gasteiger partial charge in [-0.1, -0.05) is 6.42 Å². The lowest BCUT2D eigenvalue weighted by molar-refractivity contribution is -0.138. The molecule has 0 aliphatic carbocycles. The SMILES string of the molecule is Cc1ncc(CO)c(CO)c1O.NC(=O)c1cnccn1.NCCCC[C@H](N)C(=O)O. The van der Waals surface area contributed by atoms with Crippen LogP contribution in [-0.2, 0) is 18.0 Å². The van der Waals surface area contributed by atoms with Crippen molar-refractivity contribution in [2.24, 2.45) is 17.2 Å². The Morgan fingerprint density at radius 2 is 1.77 bits per heavy atom. The van der Waals surface area contributed by atoms with Crippen molar-refractivity contribution in [3.05, 3.63) is 47.3 Å². The third-order valence-electron chi connectivity index (χ3n) is 3.86. The van der Waals surface area contributed by atoms with Crippen LogP contribution >= 0.6 is 0 Å². The molecule has 0 spiro atoms. The molecule has 2 rings (SSSR count). The van der Waals surface area contributed by atoms with Gasteiger partial charge in [-0.3, -0.25) is 19.6 Å². The molecule has 0 radical (unpaired) electrons. The number of rotatable bonds is 8. The number of primary amides is 1. The first-order chi connectivity index (χ1) is 14.7. The molecule has 0 aliphatic heterocycles. The molecular weight excluding hydrogens is 408 g/mol. The van der Waals surface area contributed by atoms with Crippen molar-refractivity contribution in [3.8, 4) is 5.75 Å². The average molecular weight is 438 g/mol. The zero-order chi connectivity index (χ0) is 23.8. The summed E-state index contributed by atoms with van der Waals surface area (Å²) in [5.74, 6) is -1.52. The molecule has 10 N–H and O–H groups in total. The number of nitrogens with zero attached hydrogens (tertiary/aromatic N) is 3. The normalized spacial score (nSPS) is 10.7. The lowest BCUT2D eigenvalue weighted by Gasteiger charge is -2.07. The van der Waals surface area contributed by atoms with Crippen molar-refractivity contribution in [1.29, 1.82) is 0 Å². The summed E-state index contributed by atoms with van der Waals surface area (Å²) < 4.78 is 0. The minimum Gasteiger partial charge on any atom is -0.506 e. The van der Waals surface area contributed by atoms with E-state index in [9.17, 15) is 14.7 Å². The second-order valence-electron chi connectivity index (χ2n) is 6.20. The predicted molar refractivity (Wildman–Crippen MR) is 112 cm³/mol. The van der Waals surface area contributed by atoms with Gasteiger partial charge in [-0.05, 0) is 26.3 Å². The average Bonchev–Trinajstić information content (AvgIpc) is 2.77. The molecule has 0 unspecified atom stereocenters. The van der Waals surface area contributed by atoms with Gasteiger partial charge in [0.15, 0.2) is 0 Å². The number of carboxylic acids is 1. The molecule has 0 saturated heterocycles. The van der Waals surface area contributed by atoms with Gasteiger partial charge in [0.2, 0.25) is 0 Å². The van der Waals surface area contributed by atoms with E-state index in [2.05, 4.69) is 15.0 Å². The van der Waals surface area contributed by atoms with E-state index in [1.807, 2.05) is 0 Å². The van der Waals surface area contributed by atoms with Crippen LogP contribution < -0.4 is 17.2 Å². The summed E-state index contributed by atoms with van der Waals surface area (Å²) in [6.07, 6.45) is 7.83. The highest BCUT2D eigenvalue weighted by molar-refractivity contribution is 5.90. The van der Waals surface area contributed by atoms with Crippen molar-refractivity contribution in [1.82, 2.24) is 15.0 Å². The number of pyridine rings is 1. The van der Waals surface area contributed by atoms with E-state index in [0.29, 0.717) is 29.8 Å². The molecule has 0 saturated carbocycles. The first kappa shape index (κ1) is 27.8. The van der Waals surface area contributed by atoms with Crippen molar-refractivity contribution in [2.45, 2.75) is 45.4 Å². The molecule has 0 aliphatic rings. The quantitative estimate of drug-likeness (QED) is 0.252. The first-order valence-corrected chi connectivity index (χ1v) is 9.31. The number of hydrogen-bond donors (Lipinski definition) is 7. The molecule has 12 nitrogen and oxygen atoms in total. The second kappa shape index (κ2) is 15.6. The molecule has 0 bridgehead atoms. The van der Waals surface area contributed by atoms with E-state index in [4.69, 9.17) is 32.5 Å². The third-order valence-corrected chi connectivity index (χ3v) is 3.86. The highest BCUT2D eigenvalue weighted by Gasteiger charge is 2.10. The smallest absolute Gasteiger partial charge is 0.320 e. The number of unbranched alkanes of at least 4 members (excludes halogenated alkanes) is 1. The third kappa shape index (κ3) is 11.0. The Morgan fingerprint density at radius 1 is 1.10 bits per heavy atom. The highest BCUT2D eigenvalue weighted by Crippen LogP contribution is 2.23. The Hall–Kier alpha value is -3.19. The zero-order valence-corrected chi connectivity index (χ0v) is 17.3. The van der Waals surface area contributed by atoms with Crippen LogP contribution in [0.15, 0.2) is 24.8 Å². The van der Waals surface area contributed by atoms with Crippen LogP contribution in [0, 0.1) is 6.92 Å². The number of aliphatic carboxylic acids is 1. The van der Waals surface area contributed by atoms with Crippen LogP contribution in [0.5, 0.6) is 5.75 Å². The minimum atomic E-state index is -0.933. The van der Waals surface area contributed by atoms with E-state index in [0.717, 1.165) is 12.8 Å². The molecule has 2 aromatic heterocycles. The number of carboxylic acid groups (broad SMARTS) is 1. The Morgan fingerprint density at radius 3 is 2.19 bits per heavy atom. The molecule has 0 aromatic carbocycles. The predicted octanol–water partition coefficient (Wildman–Crippen LogP) is -0.817. The van der Waals surface area contributed by atoms with Crippen molar-refractivity contribution < 1.29 is 30.0 Å². The van der Waals surface area contributed by atoms with Crippen LogP contribution in [0.2, 0.25) is 0 Å². The molecule has 0 fully saturated rings. The fourth-order valence-corrected chi connectivity index (χ4v) is 2.06. The van der Waals surface area contributed by atoms with E-state index in [1.54, 1.807) is 6.92 Å². The summed E-state index contributed by atoms with van der Waals surface area (Å²) in [5.41, 5.74) is 16.7. The molecule has 1 amide bonds. The summed E-state index contributed by atoms with van der Waals surface area (Å²) in [6.45, 7) is 1.73. The molecule has 31 heavy (non-hydrogen) atoms. The van der Waals surface area contributed by atoms with Crippen LogP contribution in [0.25, 0.3) is 0 Å². The van der Waals surface area contributed by atoms with E-state index in [-0.39, 0.29) is 24.7 Å². The number of aryl methyl sites for hydroxylation is 1. The standard InChI is InChI=1S/C8H11NO3.C6H14N2O2.C5H5N3O/c1-5-8(12)7(4-11)6(3-10)2-9-5;7-4-2-1-3-5(8)6(9)10;6-5(9)4-3-7-1-2-8-4/h2,10-12H,3-4H2,1H3;5H,1-4,7-8H2,(H,9,10);1-3H,(H2,6,9)/t;5-;/m.0./s1. The summed E-state index contributed by atoms with van der Waals surface area (Å²) >= 11 is 0. The lowest BCUT2D eigenvalue weighted by Crippen LogP contribution is -2.29. The van der Waals surface area contributed by atoms with Crippen molar-refractivity contribution >= 4 is 11.9 Å². The largest absolute Gasteiger partial charge is 0.506 e. The number of hydrogen-bond acceptors (Lipinski definition) is 10. The Balaban J connectivity index is 0.000000441. The number of aliphatic hydroxyl groups excluding tert-OH is 2. The van der Waals surface area contributed by atoms with Gasteiger partial charge >= 0.3 is 5.97 Å². The number of carbonyl (C=O) groups is 2. The number of aromatic hydroxyl groups is 1. The Bertz CT molecular complexity index is 806. The van der Waals surface area contributed by atoms with E-state index in [1.165, 1.54) is 24.8 Å². The van der Waals surface area contributed by atoms with Gasteiger partial charge in [-0.2, -0.15) is 0 Å². The maximum atomic E-state index is 10.3. The highest BCUT2D eigenvalue weighted by atomic mass is 16.4. The fourth-order valence-electron chi connectivity index (χ4n) is 2.06. The van der Waals surface area contributed by atoms with Gasteiger partial charge in [0.1, 0.15) is 17.5 Å². The summed E-state index contributed by atoms with van der Waals surface area (Å²) in [5, 5.41) is 35.4. The maximum Gasteiger partial charge on any atom is 0.320 e. The monoisotopic (exact) mass is 438 g/mol. The maximum absolute atomic E-state index is 10.3. The summed E-state index contributed by atoms with van der Waals surface area (Å²) in [7, 11) is 0. The Kier molecular flexibility index (Phi) is 14.0. The van der Waals surface area contributed by atoms with Crippen LogP contribution in [0.1, 0.15) is 46.6 Å². The lowest BCUT2D eigenvalue weighted by atomic mass is 10.1. The van der Waals surface area contributed by atoms with E-state index >= 15 is 0 Å². The molecule has 12 heteroatoms. The van der Waals surface area contributed by atoms with Gasteiger partial charge in [0, 0.05) is 29.7 Å². The topological polar surface area (TPSA) is 232 Å². The minimum absolute atomic E-state index is 0.0379. The molecule has 2 aromatic rings. The number of aliphatic hydroxyl groups is 2. The van der Waals surface area contributed by atoms with Crippen LogP contribution in [0.3, 0.4) is 0 Å². The molecular formula is C19H30N6O6. The summed E-state index contributed by atoms with van der Waals surface area (Å²) in [4.78, 5) is 31.6. The van der Waals surface area contributed by atoms with Gasteiger partial charge in [0.05, 0.1) is 25.1 Å². The van der Waals surface area contributed by atoms with E-state index < -0.39 is 17.9 Å². The fraction of sp³-hybridized carbons (Fsp3) is 0.421. The molecule has 2 heterocycles. The van der Waals surface area contributed by atoms with Gasteiger partial charge < -0.3 is 37.6 Å². The number of aromatic nitrogens is 3. The summed E-state index contributed by atoms with van der Waals surface area (Å²) in [6, 6.07) is -0.716. The zero-order valence-electron chi connectivity index (χ0n) is 17.3. The van der Waals surface area contributed by atoms with Gasteiger partial charge in [-0.15, -0.1) is 0 Å². The van der Waals surface area contributed by atoms with Crippen molar-refractivity contribution in [3.63, 3.8) is 0 Å². The molecule has 1 atom stereocenters. The number of nitrogens with two attached hydrogens (primary N) is 3. The van der Waals surface area contributed by atoms with Crippen LogP contribution in [-0.4, -0.2) is 59.8 Å². The number of carbonyl (C=O) groups excluding carboxylic acids is 1.